The van der Waals surface area contributed by atoms with Crippen LogP contribution in [0.1, 0.15) is 38.9 Å². The summed E-state index contributed by atoms with van der Waals surface area (Å²) in [5.41, 5.74) is 0.0413. The zero-order valence-corrected chi connectivity index (χ0v) is 14.8. The molecule has 0 unspecified atom stereocenters. The number of sulfonamides is 1. The van der Waals surface area contributed by atoms with Crippen LogP contribution in [0.4, 0.5) is 0 Å². The standard InChI is InChI=1S/C14H21BrN2O3S/c1-14(2)5-6-17(9-14)21(18,19)12-7-11(20-13(12)15)8-16-10-3-4-10/h7,10,16H,3-6,8-9H2,1-2H3. The molecule has 2 fully saturated rings. The van der Waals surface area contributed by atoms with Gasteiger partial charge >= 0.3 is 0 Å². The molecule has 1 aliphatic heterocycles. The van der Waals surface area contributed by atoms with Crippen LogP contribution in [0.2, 0.25) is 0 Å². The van der Waals surface area contributed by atoms with E-state index in [0.29, 0.717) is 36.1 Å². The molecule has 1 aliphatic carbocycles. The fourth-order valence-corrected chi connectivity index (χ4v) is 5.19. The normalized spacial score (nSPS) is 22.8. The Kier molecular flexibility index (Phi) is 3.97. The van der Waals surface area contributed by atoms with Crippen molar-refractivity contribution in [1.29, 1.82) is 0 Å². The first-order valence-electron chi connectivity index (χ1n) is 7.30. The molecular formula is C14H21BrN2O3S. The molecule has 1 aromatic heterocycles. The van der Waals surface area contributed by atoms with Crippen LogP contribution in [0.3, 0.4) is 0 Å². The first kappa shape index (κ1) is 15.5. The molecule has 0 radical (unpaired) electrons. The fraction of sp³-hybridized carbons (Fsp3) is 0.714. The summed E-state index contributed by atoms with van der Waals surface area (Å²) in [4.78, 5) is 0.243. The van der Waals surface area contributed by atoms with Gasteiger partial charge in [-0.25, -0.2) is 8.42 Å². The quantitative estimate of drug-likeness (QED) is 0.857. The van der Waals surface area contributed by atoms with Gasteiger partial charge in [0.1, 0.15) is 10.7 Å². The summed E-state index contributed by atoms with van der Waals surface area (Å²) in [5.74, 6) is 0.658. The molecule has 7 heteroatoms. The second kappa shape index (κ2) is 5.37. The summed E-state index contributed by atoms with van der Waals surface area (Å²) in [6, 6.07) is 2.20. The average molecular weight is 377 g/mol. The molecule has 118 valence electrons. The number of furan rings is 1. The van der Waals surface area contributed by atoms with Crippen molar-refractivity contribution in [1.82, 2.24) is 9.62 Å². The zero-order valence-electron chi connectivity index (χ0n) is 12.4. The van der Waals surface area contributed by atoms with Gasteiger partial charge < -0.3 is 9.73 Å². The SMILES string of the molecule is CC1(C)CCN(S(=O)(=O)c2cc(CNC3CC3)oc2Br)C1. The van der Waals surface area contributed by atoms with Crippen molar-refractivity contribution in [3.05, 3.63) is 16.5 Å². The fourth-order valence-electron chi connectivity index (χ4n) is 2.60. The van der Waals surface area contributed by atoms with Gasteiger partial charge in [-0.1, -0.05) is 13.8 Å². The van der Waals surface area contributed by atoms with Gasteiger partial charge in [-0.05, 0) is 40.6 Å². The van der Waals surface area contributed by atoms with E-state index in [9.17, 15) is 8.42 Å². The lowest BCUT2D eigenvalue weighted by Crippen LogP contribution is -2.30. The Morgan fingerprint density at radius 2 is 2.19 bits per heavy atom. The van der Waals surface area contributed by atoms with Crippen LogP contribution in [-0.4, -0.2) is 31.9 Å². The Morgan fingerprint density at radius 3 is 2.76 bits per heavy atom. The van der Waals surface area contributed by atoms with Crippen molar-refractivity contribution in [2.24, 2.45) is 5.41 Å². The molecule has 1 aromatic rings. The van der Waals surface area contributed by atoms with Crippen LogP contribution >= 0.6 is 15.9 Å². The third-order valence-corrected chi connectivity index (χ3v) is 6.81. The number of nitrogens with zero attached hydrogens (tertiary/aromatic N) is 1. The molecule has 2 heterocycles. The van der Waals surface area contributed by atoms with E-state index in [1.807, 2.05) is 0 Å². The Labute approximate surface area is 134 Å². The Morgan fingerprint density at radius 1 is 1.48 bits per heavy atom. The molecule has 3 rings (SSSR count). The predicted molar refractivity (Wildman–Crippen MR) is 83.4 cm³/mol. The molecular weight excluding hydrogens is 356 g/mol. The van der Waals surface area contributed by atoms with Gasteiger partial charge in [0.25, 0.3) is 0 Å². The second-order valence-corrected chi connectivity index (χ2v) is 9.39. The lowest BCUT2D eigenvalue weighted by molar-refractivity contribution is 0.375. The van der Waals surface area contributed by atoms with E-state index in [4.69, 9.17) is 4.42 Å². The van der Waals surface area contributed by atoms with Gasteiger partial charge in [0.2, 0.25) is 10.0 Å². The molecule has 0 aromatic carbocycles. The summed E-state index contributed by atoms with van der Waals surface area (Å²) >= 11 is 3.25. The molecule has 0 bridgehead atoms. The maximum absolute atomic E-state index is 12.7. The smallest absolute Gasteiger partial charge is 0.247 e. The molecule has 1 saturated carbocycles. The Bertz CT molecular complexity index is 635. The minimum absolute atomic E-state index is 0.0413. The summed E-state index contributed by atoms with van der Waals surface area (Å²) in [5, 5.41) is 3.32. The largest absolute Gasteiger partial charge is 0.452 e. The maximum Gasteiger partial charge on any atom is 0.247 e. The number of halogens is 1. The van der Waals surface area contributed by atoms with Crippen molar-refractivity contribution in [3.63, 3.8) is 0 Å². The third-order valence-electron chi connectivity index (χ3n) is 4.11. The second-order valence-electron chi connectivity index (χ2n) is 6.76. The van der Waals surface area contributed by atoms with Gasteiger partial charge in [-0.2, -0.15) is 4.31 Å². The van der Waals surface area contributed by atoms with Gasteiger partial charge in [-0.15, -0.1) is 0 Å². The molecule has 21 heavy (non-hydrogen) atoms. The molecule has 1 saturated heterocycles. The molecule has 2 aliphatic rings. The number of hydrogen-bond acceptors (Lipinski definition) is 4. The molecule has 1 N–H and O–H groups in total. The van der Waals surface area contributed by atoms with Crippen LogP contribution in [-0.2, 0) is 16.6 Å². The minimum Gasteiger partial charge on any atom is -0.452 e. The van der Waals surface area contributed by atoms with E-state index in [1.165, 1.54) is 12.8 Å². The highest BCUT2D eigenvalue weighted by atomic mass is 79.9. The number of nitrogens with one attached hydrogen (secondary N) is 1. The van der Waals surface area contributed by atoms with Crippen LogP contribution < -0.4 is 5.32 Å². The highest BCUT2D eigenvalue weighted by molar-refractivity contribution is 9.10. The first-order valence-corrected chi connectivity index (χ1v) is 9.53. The van der Waals surface area contributed by atoms with Crippen molar-refractivity contribution in [2.45, 2.75) is 50.6 Å². The third kappa shape index (κ3) is 3.36. The Hall–Kier alpha value is -0.370. The lowest BCUT2D eigenvalue weighted by Gasteiger charge is -2.19. The summed E-state index contributed by atoms with van der Waals surface area (Å²) in [6.45, 7) is 5.89. The van der Waals surface area contributed by atoms with E-state index in [0.717, 1.165) is 6.42 Å². The topological polar surface area (TPSA) is 62.6 Å². The van der Waals surface area contributed by atoms with Crippen molar-refractivity contribution >= 4 is 26.0 Å². The van der Waals surface area contributed by atoms with Crippen molar-refractivity contribution < 1.29 is 12.8 Å². The van der Waals surface area contributed by atoms with E-state index >= 15 is 0 Å². The highest BCUT2D eigenvalue weighted by Gasteiger charge is 2.38. The molecule has 0 atom stereocenters. The number of hydrogen-bond donors (Lipinski definition) is 1. The van der Waals surface area contributed by atoms with Crippen LogP contribution in [0.5, 0.6) is 0 Å². The summed E-state index contributed by atoms with van der Waals surface area (Å²) in [6.07, 6.45) is 3.27. The van der Waals surface area contributed by atoms with Gasteiger partial charge in [-0.3, -0.25) is 0 Å². The summed E-state index contributed by atoms with van der Waals surface area (Å²) in [7, 11) is -3.48. The maximum atomic E-state index is 12.7. The van der Waals surface area contributed by atoms with E-state index in [2.05, 4.69) is 35.1 Å². The molecule has 5 nitrogen and oxygen atoms in total. The van der Waals surface area contributed by atoms with Crippen molar-refractivity contribution in [2.75, 3.05) is 13.1 Å². The van der Waals surface area contributed by atoms with Crippen LogP contribution in [0.25, 0.3) is 0 Å². The van der Waals surface area contributed by atoms with E-state index in [1.54, 1.807) is 10.4 Å². The molecule has 0 amide bonds. The van der Waals surface area contributed by atoms with Crippen molar-refractivity contribution in [3.8, 4) is 0 Å². The molecule has 0 spiro atoms. The average Bonchev–Trinajstić information content (AvgIpc) is 3.03. The predicted octanol–water partition coefficient (Wildman–Crippen LogP) is 2.71. The van der Waals surface area contributed by atoms with Crippen LogP contribution in [0, 0.1) is 5.41 Å². The Balaban J connectivity index is 1.78. The number of rotatable bonds is 5. The van der Waals surface area contributed by atoms with E-state index in [-0.39, 0.29) is 10.3 Å². The van der Waals surface area contributed by atoms with Gasteiger partial charge in [0.05, 0.1) is 6.54 Å². The zero-order chi connectivity index (χ0) is 15.3. The minimum atomic E-state index is -3.48. The lowest BCUT2D eigenvalue weighted by atomic mass is 9.93. The monoisotopic (exact) mass is 376 g/mol. The first-order chi connectivity index (χ1) is 9.78. The van der Waals surface area contributed by atoms with Gasteiger partial charge in [0.15, 0.2) is 4.67 Å². The summed E-state index contributed by atoms with van der Waals surface area (Å²) < 4.78 is 32.8. The highest BCUT2D eigenvalue weighted by Crippen LogP contribution is 2.36. The van der Waals surface area contributed by atoms with E-state index < -0.39 is 10.0 Å². The van der Waals surface area contributed by atoms with Crippen LogP contribution in [0.15, 0.2) is 20.0 Å². The van der Waals surface area contributed by atoms with Gasteiger partial charge in [0, 0.05) is 25.2 Å².